The molecule has 14 heavy (non-hydrogen) atoms. The summed E-state index contributed by atoms with van der Waals surface area (Å²) in [5, 5.41) is 8.85. The normalized spacial score (nSPS) is 10.4. The summed E-state index contributed by atoms with van der Waals surface area (Å²) in [6.45, 7) is 2.44. The van der Waals surface area contributed by atoms with Crippen LogP contribution in [0.4, 0.5) is 0 Å². The van der Waals surface area contributed by atoms with E-state index in [1.165, 1.54) is 6.26 Å². The molecule has 0 saturated heterocycles. The SMILES string of the molecule is CCO/C=C/c1ccccc1C(=O)O. The molecule has 0 aliphatic heterocycles. The lowest BCUT2D eigenvalue weighted by Crippen LogP contribution is -1.98. The van der Waals surface area contributed by atoms with Crippen LogP contribution in [0.25, 0.3) is 6.08 Å². The van der Waals surface area contributed by atoms with Crippen LogP contribution < -0.4 is 0 Å². The van der Waals surface area contributed by atoms with Crippen molar-refractivity contribution in [3.8, 4) is 0 Å². The van der Waals surface area contributed by atoms with E-state index in [9.17, 15) is 4.79 Å². The Hall–Kier alpha value is -1.77. The van der Waals surface area contributed by atoms with Gasteiger partial charge in [0.15, 0.2) is 0 Å². The lowest BCUT2D eigenvalue weighted by atomic mass is 10.1. The Morgan fingerprint density at radius 2 is 2.21 bits per heavy atom. The van der Waals surface area contributed by atoms with E-state index < -0.39 is 5.97 Å². The second kappa shape index (κ2) is 5.07. The smallest absolute Gasteiger partial charge is 0.336 e. The molecule has 0 atom stereocenters. The molecule has 3 heteroatoms. The molecule has 0 amide bonds. The van der Waals surface area contributed by atoms with Gasteiger partial charge in [0.05, 0.1) is 18.4 Å². The molecule has 1 aromatic rings. The number of rotatable bonds is 4. The third kappa shape index (κ3) is 2.62. The van der Waals surface area contributed by atoms with Gasteiger partial charge in [0.1, 0.15) is 0 Å². The van der Waals surface area contributed by atoms with Crippen LogP contribution in [0, 0.1) is 0 Å². The van der Waals surface area contributed by atoms with Crippen LogP contribution in [0.15, 0.2) is 30.5 Å². The number of ether oxygens (including phenoxy) is 1. The first-order valence-corrected chi connectivity index (χ1v) is 4.36. The number of benzene rings is 1. The van der Waals surface area contributed by atoms with Crippen molar-refractivity contribution in [1.29, 1.82) is 0 Å². The number of carbonyl (C=O) groups is 1. The van der Waals surface area contributed by atoms with Gasteiger partial charge in [-0.3, -0.25) is 0 Å². The van der Waals surface area contributed by atoms with Gasteiger partial charge in [-0.2, -0.15) is 0 Å². The number of carboxylic acid groups (broad SMARTS) is 1. The Morgan fingerprint density at radius 3 is 2.86 bits per heavy atom. The maximum Gasteiger partial charge on any atom is 0.336 e. The molecule has 0 saturated carbocycles. The van der Waals surface area contributed by atoms with E-state index in [2.05, 4.69) is 0 Å². The number of hydrogen-bond acceptors (Lipinski definition) is 2. The molecular weight excluding hydrogens is 180 g/mol. The topological polar surface area (TPSA) is 46.5 Å². The fourth-order valence-electron chi connectivity index (χ4n) is 1.05. The summed E-state index contributed by atoms with van der Waals surface area (Å²) in [5.74, 6) is -0.929. The van der Waals surface area contributed by atoms with Crippen LogP contribution >= 0.6 is 0 Å². The van der Waals surface area contributed by atoms with Crippen LogP contribution in [0.1, 0.15) is 22.8 Å². The van der Waals surface area contributed by atoms with Gasteiger partial charge in [0.25, 0.3) is 0 Å². The molecule has 3 nitrogen and oxygen atoms in total. The number of aromatic carboxylic acids is 1. The highest BCUT2D eigenvalue weighted by molar-refractivity contribution is 5.91. The van der Waals surface area contributed by atoms with Gasteiger partial charge in [0, 0.05) is 0 Å². The van der Waals surface area contributed by atoms with Crippen LogP contribution in [-0.2, 0) is 4.74 Å². The summed E-state index contributed by atoms with van der Waals surface area (Å²) in [6, 6.07) is 6.78. The van der Waals surface area contributed by atoms with Gasteiger partial charge >= 0.3 is 5.97 Å². The summed E-state index contributed by atoms with van der Waals surface area (Å²) in [7, 11) is 0. The quantitative estimate of drug-likeness (QED) is 0.745. The van der Waals surface area contributed by atoms with Crippen molar-refractivity contribution in [2.45, 2.75) is 6.92 Å². The van der Waals surface area contributed by atoms with Crippen LogP contribution in [-0.4, -0.2) is 17.7 Å². The van der Waals surface area contributed by atoms with E-state index in [-0.39, 0.29) is 5.56 Å². The maximum atomic E-state index is 10.8. The van der Waals surface area contributed by atoms with Crippen LogP contribution in [0.3, 0.4) is 0 Å². The van der Waals surface area contributed by atoms with Crippen molar-refractivity contribution in [1.82, 2.24) is 0 Å². The average molecular weight is 192 g/mol. The molecule has 0 spiro atoms. The lowest BCUT2D eigenvalue weighted by molar-refractivity contribution is 0.0696. The Bertz CT molecular complexity index is 342. The summed E-state index contributed by atoms with van der Waals surface area (Å²) in [4.78, 5) is 10.8. The minimum absolute atomic E-state index is 0.281. The minimum Gasteiger partial charge on any atom is -0.501 e. The first-order valence-electron chi connectivity index (χ1n) is 4.36. The Balaban J connectivity index is 2.90. The molecule has 1 aromatic carbocycles. The second-order valence-electron chi connectivity index (χ2n) is 2.65. The number of hydrogen-bond donors (Lipinski definition) is 1. The standard InChI is InChI=1S/C11H12O3/c1-2-14-8-7-9-5-3-4-6-10(9)11(12)13/h3-8H,2H2,1H3,(H,12,13)/b8-7+. The summed E-state index contributed by atoms with van der Waals surface area (Å²) in [6.07, 6.45) is 3.15. The molecule has 0 aromatic heterocycles. The van der Waals surface area contributed by atoms with Crippen LogP contribution in [0.5, 0.6) is 0 Å². The molecular formula is C11H12O3. The highest BCUT2D eigenvalue weighted by atomic mass is 16.5. The third-order valence-electron chi connectivity index (χ3n) is 1.70. The van der Waals surface area contributed by atoms with Crippen molar-refractivity contribution in [2.75, 3.05) is 6.61 Å². The Morgan fingerprint density at radius 1 is 1.50 bits per heavy atom. The summed E-state index contributed by atoms with van der Waals surface area (Å²) < 4.78 is 5.00. The fourth-order valence-corrected chi connectivity index (χ4v) is 1.05. The van der Waals surface area contributed by atoms with E-state index in [1.54, 1.807) is 30.3 Å². The zero-order valence-electron chi connectivity index (χ0n) is 7.93. The summed E-state index contributed by atoms with van der Waals surface area (Å²) >= 11 is 0. The molecule has 0 aliphatic carbocycles. The Kier molecular flexibility index (Phi) is 3.73. The Labute approximate surface area is 82.6 Å². The molecule has 0 bridgehead atoms. The van der Waals surface area contributed by atoms with Crippen molar-refractivity contribution in [3.05, 3.63) is 41.7 Å². The molecule has 1 rings (SSSR count). The molecule has 0 heterocycles. The molecule has 74 valence electrons. The monoisotopic (exact) mass is 192 g/mol. The molecule has 0 unspecified atom stereocenters. The molecule has 0 fully saturated rings. The van der Waals surface area contributed by atoms with Gasteiger partial charge in [-0.25, -0.2) is 4.79 Å². The van der Waals surface area contributed by atoms with Gasteiger partial charge in [-0.15, -0.1) is 0 Å². The van der Waals surface area contributed by atoms with Crippen molar-refractivity contribution in [3.63, 3.8) is 0 Å². The lowest BCUT2D eigenvalue weighted by Gasteiger charge is -1.99. The van der Waals surface area contributed by atoms with Gasteiger partial charge in [0.2, 0.25) is 0 Å². The number of carboxylic acids is 1. The molecule has 0 aliphatic rings. The fraction of sp³-hybridized carbons (Fsp3) is 0.182. The first kappa shape index (κ1) is 10.3. The van der Waals surface area contributed by atoms with Gasteiger partial charge in [-0.1, -0.05) is 18.2 Å². The maximum absolute atomic E-state index is 10.8. The second-order valence-corrected chi connectivity index (χ2v) is 2.65. The summed E-state index contributed by atoms with van der Waals surface area (Å²) in [5.41, 5.74) is 0.928. The largest absolute Gasteiger partial charge is 0.501 e. The van der Waals surface area contributed by atoms with Crippen molar-refractivity contribution < 1.29 is 14.6 Å². The minimum atomic E-state index is -0.929. The van der Waals surface area contributed by atoms with Crippen molar-refractivity contribution >= 4 is 12.0 Å². The predicted octanol–water partition coefficient (Wildman–Crippen LogP) is 2.39. The molecule has 0 radical (unpaired) electrons. The van der Waals surface area contributed by atoms with E-state index in [0.29, 0.717) is 12.2 Å². The van der Waals surface area contributed by atoms with E-state index in [0.717, 1.165) is 0 Å². The van der Waals surface area contributed by atoms with Crippen molar-refractivity contribution in [2.24, 2.45) is 0 Å². The average Bonchev–Trinajstić information content (AvgIpc) is 2.19. The highest BCUT2D eigenvalue weighted by Gasteiger charge is 2.05. The van der Waals surface area contributed by atoms with E-state index in [4.69, 9.17) is 9.84 Å². The zero-order chi connectivity index (χ0) is 10.4. The predicted molar refractivity (Wildman–Crippen MR) is 54.1 cm³/mol. The highest BCUT2D eigenvalue weighted by Crippen LogP contribution is 2.10. The van der Waals surface area contributed by atoms with Crippen LogP contribution in [0.2, 0.25) is 0 Å². The molecule has 1 N–H and O–H groups in total. The third-order valence-corrected chi connectivity index (χ3v) is 1.70. The first-order chi connectivity index (χ1) is 6.75. The van der Waals surface area contributed by atoms with E-state index in [1.807, 2.05) is 6.92 Å². The van der Waals surface area contributed by atoms with Gasteiger partial charge < -0.3 is 9.84 Å². The van der Waals surface area contributed by atoms with Gasteiger partial charge in [-0.05, 0) is 24.6 Å². The van der Waals surface area contributed by atoms with E-state index >= 15 is 0 Å². The zero-order valence-corrected chi connectivity index (χ0v) is 7.93.